The van der Waals surface area contributed by atoms with Crippen LogP contribution in [-0.2, 0) is 16.1 Å². The lowest BCUT2D eigenvalue weighted by molar-refractivity contribution is -0.142. The number of carbonyl (C=O) groups is 2. The number of benzene rings is 2. The van der Waals surface area contributed by atoms with Crippen LogP contribution in [0, 0.1) is 5.82 Å². The van der Waals surface area contributed by atoms with Gasteiger partial charge in [-0.05, 0) is 69.7 Å². The van der Waals surface area contributed by atoms with E-state index in [2.05, 4.69) is 5.32 Å². The van der Waals surface area contributed by atoms with E-state index in [4.69, 9.17) is 9.47 Å². The zero-order valence-corrected chi connectivity index (χ0v) is 18.1. The Balaban J connectivity index is 2.18. The zero-order valence-electron chi connectivity index (χ0n) is 18.1. The van der Waals surface area contributed by atoms with Crippen molar-refractivity contribution in [3.05, 3.63) is 59.9 Å². The van der Waals surface area contributed by atoms with Crippen molar-refractivity contribution in [2.75, 3.05) is 13.7 Å². The van der Waals surface area contributed by atoms with Crippen molar-refractivity contribution in [1.29, 1.82) is 0 Å². The molecule has 0 aliphatic rings. The normalized spacial score (nSPS) is 12.1. The Labute approximate surface area is 177 Å². The van der Waals surface area contributed by atoms with Crippen molar-refractivity contribution < 1.29 is 23.5 Å². The summed E-state index contributed by atoms with van der Waals surface area (Å²) in [5.41, 5.74) is 0.389. The average Bonchev–Trinajstić information content (AvgIpc) is 2.69. The van der Waals surface area contributed by atoms with E-state index in [0.717, 1.165) is 5.56 Å². The number of nitrogens with one attached hydrogen (secondary N) is 1. The van der Waals surface area contributed by atoms with E-state index in [-0.39, 0.29) is 30.8 Å². The predicted molar refractivity (Wildman–Crippen MR) is 113 cm³/mol. The standard InChI is InChI=1S/C23H29FN2O4/c1-16(22(28)25-23(2,3)4)26(14-17-7-6-8-20(13-17)29-5)21(27)15-30-19-11-9-18(24)10-12-19/h6-13,16H,14-15H2,1-5H3,(H,25,28)/t16-/m1/s1. The summed E-state index contributed by atoms with van der Waals surface area (Å²) in [6, 6.07) is 12.0. The summed E-state index contributed by atoms with van der Waals surface area (Å²) in [5.74, 6) is 0.0205. The van der Waals surface area contributed by atoms with Gasteiger partial charge in [-0.15, -0.1) is 0 Å². The minimum Gasteiger partial charge on any atom is -0.497 e. The van der Waals surface area contributed by atoms with Gasteiger partial charge < -0.3 is 19.7 Å². The molecule has 0 aromatic heterocycles. The maximum Gasteiger partial charge on any atom is 0.261 e. The van der Waals surface area contributed by atoms with Crippen molar-refractivity contribution >= 4 is 11.8 Å². The fraction of sp³-hybridized carbons (Fsp3) is 0.391. The van der Waals surface area contributed by atoms with Gasteiger partial charge in [-0.3, -0.25) is 9.59 Å². The topological polar surface area (TPSA) is 67.9 Å². The van der Waals surface area contributed by atoms with Crippen molar-refractivity contribution in [3.63, 3.8) is 0 Å². The van der Waals surface area contributed by atoms with Crippen LogP contribution < -0.4 is 14.8 Å². The number of methoxy groups -OCH3 is 1. The van der Waals surface area contributed by atoms with Gasteiger partial charge in [-0.2, -0.15) is 0 Å². The molecule has 0 aliphatic carbocycles. The quantitative estimate of drug-likeness (QED) is 0.715. The van der Waals surface area contributed by atoms with Crippen LogP contribution in [-0.4, -0.2) is 42.0 Å². The minimum atomic E-state index is -0.722. The second-order valence-corrected chi connectivity index (χ2v) is 8.03. The first-order valence-corrected chi connectivity index (χ1v) is 9.72. The van der Waals surface area contributed by atoms with E-state index in [1.165, 1.54) is 29.2 Å². The van der Waals surface area contributed by atoms with Gasteiger partial charge >= 0.3 is 0 Å². The highest BCUT2D eigenvalue weighted by Gasteiger charge is 2.28. The number of amides is 2. The maximum atomic E-state index is 13.1. The molecule has 162 valence electrons. The number of halogens is 1. The van der Waals surface area contributed by atoms with Gasteiger partial charge in [0.1, 0.15) is 23.4 Å². The molecule has 0 saturated carbocycles. The highest BCUT2D eigenvalue weighted by molar-refractivity contribution is 5.88. The Morgan fingerprint density at radius 1 is 1.10 bits per heavy atom. The lowest BCUT2D eigenvalue weighted by Gasteiger charge is -2.31. The lowest BCUT2D eigenvalue weighted by Crippen LogP contribution is -2.53. The Bertz CT molecular complexity index is 862. The van der Waals surface area contributed by atoms with E-state index >= 15 is 0 Å². The average molecular weight is 416 g/mol. The monoisotopic (exact) mass is 416 g/mol. The van der Waals surface area contributed by atoms with Crippen LogP contribution in [0.5, 0.6) is 11.5 Å². The fourth-order valence-electron chi connectivity index (χ4n) is 2.78. The largest absolute Gasteiger partial charge is 0.497 e. The summed E-state index contributed by atoms with van der Waals surface area (Å²) in [5, 5.41) is 2.90. The van der Waals surface area contributed by atoms with Crippen molar-refractivity contribution in [1.82, 2.24) is 10.2 Å². The summed E-state index contributed by atoms with van der Waals surface area (Å²) < 4.78 is 23.8. The molecule has 0 unspecified atom stereocenters. The second kappa shape index (κ2) is 10.1. The van der Waals surface area contributed by atoms with Crippen LogP contribution in [0.1, 0.15) is 33.3 Å². The zero-order chi connectivity index (χ0) is 22.3. The third-order valence-corrected chi connectivity index (χ3v) is 4.33. The molecule has 2 amide bonds. The van der Waals surface area contributed by atoms with E-state index < -0.39 is 11.6 Å². The first-order chi connectivity index (χ1) is 14.1. The molecule has 1 N–H and O–H groups in total. The predicted octanol–water partition coefficient (Wildman–Crippen LogP) is 3.55. The molecule has 7 heteroatoms. The molecule has 0 fully saturated rings. The lowest BCUT2D eigenvalue weighted by atomic mass is 10.1. The van der Waals surface area contributed by atoms with Gasteiger partial charge in [0, 0.05) is 12.1 Å². The SMILES string of the molecule is COc1cccc(CN(C(=O)COc2ccc(F)cc2)[C@H](C)C(=O)NC(C)(C)C)c1. The van der Waals surface area contributed by atoms with Gasteiger partial charge in [-0.1, -0.05) is 12.1 Å². The number of hydrogen-bond donors (Lipinski definition) is 1. The molecule has 0 spiro atoms. The molecule has 6 nitrogen and oxygen atoms in total. The molecule has 30 heavy (non-hydrogen) atoms. The number of nitrogens with zero attached hydrogens (tertiary/aromatic N) is 1. The van der Waals surface area contributed by atoms with E-state index in [1.807, 2.05) is 45.0 Å². The fourth-order valence-corrected chi connectivity index (χ4v) is 2.78. The van der Waals surface area contributed by atoms with Gasteiger partial charge in [0.15, 0.2) is 6.61 Å². The van der Waals surface area contributed by atoms with Crippen LogP contribution in [0.3, 0.4) is 0 Å². The molecule has 0 radical (unpaired) electrons. The number of ether oxygens (including phenoxy) is 2. The summed E-state index contributed by atoms with van der Waals surface area (Å²) in [6.07, 6.45) is 0. The highest BCUT2D eigenvalue weighted by Crippen LogP contribution is 2.17. The third kappa shape index (κ3) is 7.06. The molecule has 0 saturated heterocycles. The maximum absolute atomic E-state index is 13.1. The summed E-state index contributed by atoms with van der Waals surface area (Å²) in [7, 11) is 1.57. The summed E-state index contributed by atoms with van der Waals surface area (Å²) in [4.78, 5) is 27.1. The van der Waals surface area contributed by atoms with Crippen LogP contribution >= 0.6 is 0 Å². The van der Waals surface area contributed by atoms with E-state index in [0.29, 0.717) is 11.5 Å². The molecule has 0 aliphatic heterocycles. The minimum absolute atomic E-state index is 0.210. The van der Waals surface area contributed by atoms with Crippen LogP contribution in [0.4, 0.5) is 4.39 Å². The molecule has 1 atom stereocenters. The highest BCUT2D eigenvalue weighted by atomic mass is 19.1. The molecular formula is C23H29FN2O4. The number of carbonyl (C=O) groups excluding carboxylic acids is 2. The van der Waals surface area contributed by atoms with Crippen LogP contribution in [0.25, 0.3) is 0 Å². The van der Waals surface area contributed by atoms with E-state index in [1.54, 1.807) is 14.0 Å². The van der Waals surface area contributed by atoms with Crippen LogP contribution in [0.15, 0.2) is 48.5 Å². The van der Waals surface area contributed by atoms with Crippen molar-refractivity contribution in [3.8, 4) is 11.5 Å². The van der Waals surface area contributed by atoms with Gasteiger partial charge in [-0.25, -0.2) is 4.39 Å². The molecular weight excluding hydrogens is 387 g/mol. The van der Waals surface area contributed by atoms with E-state index in [9.17, 15) is 14.0 Å². The first kappa shape index (κ1) is 23.2. The van der Waals surface area contributed by atoms with Crippen molar-refractivity contribution in [2.24, 2.45) is 0 Å². The summed E-state index contributed by atoms with van der Waals surface area (Å²) in [6.45, 7) is 7.25. The molecule has 0 bridgehead atoms. The van der Waals surface area contributed by atoms with Gasteiger partial charge in [0.2, 0.25) is 5.91 Å². The smallest absolute Gasteiger partial charge is 0.261 e. The first-order valence-electron chi connectivity index (χ1n) is 9.72. The third-order valence-electron chi connectivity index (χ3n) is 4.33. The summed E-state index contributed by atoms with van der Waals surface area (Å²) >= 11 is 0. The van der Waals surface area contributed by atoms with Crippen molar-refractivity contribution in [2.45, 2.75) is 45.8 Å². The van der Waals surface area contributed by atoms with Crippen LogP contribution in [0.2, 0.25) is 0 Å². The Morgan fingerprint density at radius 3 is 2.37 bits per heavy atom. The molecule has 2 aromatic carbocycles. The number of rotatable bonds is 8. The molecule has 2 rings (SSSR count). The van der Waals surface area contributed by atoms with Gasteiger partial charge in [0.05, 0.1) is 7.11 Å². The number of hydrogen-bond acceptors (Lipinski definition) is 4. The Morgan fingerprint density at radius 2 is 1.77 bits per heavy atom. The van der Waals surface area contributed by atoms with Gasteiger partial charge in [0.25, 0.3) is 5.91 Å². The second-order valence-electron chi connectivity index (χ2n) is 8.03. The molecule has 2 aromatic rings. The Kier molecular flexibility index (Phi) is 7.80. The molecule has 0 heterocycles. The Hall–Kier alpha value is -3.09.